The first kappa shape index (κ1) is 7.17. The minimum atomic E-state index is -2.18. The average molecular weight is 159 g/mol. The second-order valence-electron chi connectivity index (χ2n) is 1.61. The Bertz CT molecular complexity index is 306. The van der Waals surface area contributed by atoms with Crippen molar-refractivity contribution in [1.82, 2.24) is 4.98 Å². The van der Waals surface area contributed by atoms with Crippen molar-refractivity contribution < 1.29 is 8.76 Å². The number of hydrogen-bond acceptors (Lipinski definition) is 2. The summed E-state index contributed by atoms with van der Waals surface area (Å²) in [6.45, 7) is 0. The van der Waals surface area contributed by atoms with E-state index in [1.165, 1.54) is 18.3 Å². The molecule has 0 amide bonds. The molecule has 0 aliphatic heterocycles. The quantitative estimate of drug-likeness (QED) is 0.564. The van der Waals surface area contributed by atoms with Crippen molar-refractivity contribution in [2.75, 3.05) is 0 Å². The van der Waals surface area contributed by atoms with Crippen LogP contribution in [0.5, 0.6) is 0 Å². The van der Waals surface area contributed by atoms with Gasteiger partial charge in [-0.3, -0.25) is 4.79 Å². The Balaban J connectivity index is 3.29. The van der Waals surface area contributed by atoms with Gasteiger partial charge in [-0.15, -0.1) is 0 Å². The molecule has 1 atom stereocenters. The minimum Gasteiger partial charge on any atom is -0.328 e. The maximum absolute atomic E-state index is 10.7. The second-order valence-corrected chi connectivity index (χ2v) is 2.55. The van der Waals surface area contributed by atoms with Gasteiger partial charge in [-0.1, -0.05) is 0 Å². The van der Waals surface area contributed by atoms with E-state index in [-0.39, 0.29) is 4.90 Å². The van der Waals surface area contributed by atoms with Gasteiger partial charge in [-0.05, 0) is 12.1 Å². The van der Waals surface area contributed by atoms with Crippen molar-refractivity contribution in [3.8, 4) is 0 Å². The van der Waals surface area contributed by atoms with Gasteiger partial charge in [-0.25, -0.2) is 4.21 Å². The highest BCUT2D eigenvalue weighted by Crippen LogP contribution is 1.92. The molecule has 1 aromatic heterocycles. The predicted molar refractivity (Wildman–Crippen MR) is 36.1 cm³/mol. The summed E-state index contributed by atoms with van der Waals surface area (Å²) in [6.07, 6.45) is 1.40. The van der Waals surface area contributed by atoms with Crippen LogP contribution in [0.25, 0.3) is 0 Å². The number of pyridine rings is 1. The summed E-state index contributed by atoms with van der Waals surface area (Å²) < 4.78 is 18.8. The molecule has 0 saturated heterocycles. The normalized spacial score (nSPS) is 12.9. The SMILES string of the molecule is O=c1[nH]cccc1S(=O)O. The lowest BCUT2D eigenvalue weighted by molar-refractivity contribution is 0.563. The highest BCUT2D eigenvalue weighted by Gasteiger charge is 2.01. The van der Waals surface area contributed by atoms with Crippen molar-refractivity contribution in [2.24, 2.45) is 0 Å². The van der Waals surface area contributed by atoms with Gasteiger partial charge in [0.1, 0.15) is 4.90 Å². The zero-order valence-electron chi connectivity index (χ0n) is 4.90. The first-order valence-corrected chi connectivity index (χ1v) is 3.61. The molecule has 1 heterocycles. The Morgan fingerprint density at radius 1 is 1.60 bits per heavy atom. The zero-order valence-corrected chi connectivity index (χ0v) is 5.72. The van der Waals surface area contributed by atoms with Gasteiger partial charge in [0.05, 0.1) is 0 Å². The molecule has 1 rings (SSSR count). The standard InChI is InChI=1S/C5H5NO3S/c7-5-4(10(8)9)2-1-3-6-5/h1-3H,(H,6,7)(H,8,9). The molecule has 0 saturated carbocycles. The van der Waals surface area contributed by atoms with Crippen LogP contribution in [0.3, 0.4) is 0 Å². The molecule has 0 fully saturated rings. The fourth-order valence-electron chi connectivity index (χ4n) is 0.544. The van der Waals surface area contributed by atoms with E-state index in [0.717, 1.165) is 0 Å². The van der Waals surface area contributed by atoms with Gasteiger partial charge in [-0.2, -0.15) is 0 Å². The third-order valence-electron chi connectivity index (χ3n) is 0.970. The molecule has 0 radical (unpaired) electrons. The van der Waals surface area contributed by atoms with Crippen molar-refractivity contribution in [2.45, 2.75) is 4.90 Å². The summed E-state index contributed by atoms with van der Waals surface area (Å²) >= 11 is -2.18. The lowest BCUT2D eigenvalue weighted by Crippen LogP contribution is -2.11. The predicted octanol–water partition coefficient (Wildman–Crippen LogP) is -0.0445. The van der Waals surface area contributed by atoms with Gasteiger partial charge < -0.3 is 9.54 Å². The fraction of sp³-hybridized carbons (Fsp3) is 0. The summed E-state index contributed by atoms with van der Waals surface area (Å²) in [5.41, 5.74) is -0.525. The Kier molecular flexibility index (Phi) is 1.98. The van der Waals surface area contributed by atoms with E-state index in [4.69, 9.17) is 4.55 Å². The zero-order chi connectivity index (χ0) is 7.56. The number of aromatic amines is 1. The molecule has 0 aliphatic carbocycles. The van der Waals surface area contributed by atoms with Crippen LogP contribution in [0.2, 0.25) is 0 Å². The van der Waals surface area contributed by atoms with Crippen molar-refractivity contribution >= 4 is 11.1 Å². The maximum atomic E-state index is 10.7. The Labute approximate surface area is 59.2 Å². The minimum absolute atomic E-state index is 0.123. The Hall–Kier alpha value is -0.940. The van der Waals surface area contributed by atoms with Crippen molar-refractivity contribution in [1.29, 1.82) is 0 Å². The van der Waals surface area contributed by atoms with Crippen LogP contribution in [0.15, 0.2) is 28.0 Å². The third-order valence-corrected chi connectivity index (χ3v) is 1.67. The number of rotatable bonds is 1. The van der Waals surface area contributed by atoms with Crippen molar-refractivity contribution in [3.63, 3.8) is 0 Å². The van der Waals surface area contributed by atoms with E-state index >= 15 is 0 Å². The summed E-state index contributed by atoms with van der Waals surface area (Å²) in [5.74, 6) is 0. The van der Waals surface area contributed by atoms with E-state index in [0.29, 0.717) is 0 Å². The van der Waals surface area contributed by atoms with E-state index < -0.39 is 16.6 Å². The number of hydrogen-bond donors (Lipinski definition) is 2. The molecule has 0 aliphatic rings. The molecule has 1 unspecified atom stereocenters. The van der Waals surface area contributed by atoms with E-state index in [1.807, 2.05) is 0 Å². The van der Waals surface area contributed by atoms with Crippen LogP contribution in [-0.4, -0.2) is 13.7 Å². The van der Waals surface area contributed by atoms with E-state index in [2.05, 4.69) is 4.98 Å². The summed E-state index contributed by atoms with van der Waals surface area (Å²) in [5, 5.41) is 0. The highest BCUT2D eigenvalue weighted by molar-refractivity contribution is 7.79. The Morgan fingerprint density at radius 2 is 2.30 bits per heavy atom. The number of aromatic nitrogens is 1. The van der Waals surface area contributed by atoms with E-state index in [9.17, 15) is 9.00 Å². The lowest BCUT2D eigenvalue weighted by atomic mass is 10.5. The Morgan fingerprint density at radius 3 is 2.70 bits per heavy atom. The molecule has 0 bridgehead atoms. The van der Waals surface area contributed by atoms with Gasteiger partial charge in [0.25, 0.3) is 5.56 Å². The second kappa shape index (κ2) is 2.76. The molecule has 0 spiro atoms. The summed E-state index contributed by atoms with van der Waals surface area (Å²) in [7, 11) is 0. The number of H-pyrrole nitrogens is 1. The molecule has 10 heavy (non-hydrogen) atoms. The molecule has 0 aromatic carbocycles. The molecule has 54 valence electrons. The average Bonchev–Trinajstić information content (AvgIpc) is 1.88. The first-order chi connectivity index (χ1) is 4.72. The van der Waals surface area contributed by atoms with Crippen molar-refractivity contribution in [3.05, 3.63) is 28.7 Å². The fourth-order valence-corrected chi connectivity index (χ4v) is 0.956. The molecule has 1 aromatic rings. The molecule has 5 heteroatoms. The smallest absolute Gasteiger partial charge is 0.266 e. The van der Waals surface area contributed by atoms with Gasteiger partial charge >= 0.3 is 0 Å². The maximum Gasteiger partial charge on any atom is 0.266 e. The van der Waals surface area contributed by atoms with E-state index in [1.54, 1.807) is 0 Å². The number of nitrogens with one attached hydrogen (secondary N) is 1. The van der Waals surface area contributed by atoms with Gasteiger partial charge in [0, 0.05) is 6.20 Å². The molecule has 2 N–H and O–H groups in total. The first-order valence-electron chi connectivity index (χ1n) is 2.50. The third kappa shape index (κ3) is 1.31. The largest absolute Gasteiger partial charge is 0.328 e. The van der Waals surface area contributed by atoms with Crippen LogP contribution in [0.1, 0.15) is 0 Å². The van der Waals surface area contributed by atoms with Crippen LogP contribution in [-0.2, 0) is 11.1 Å². The summed E-state index contributed by atoms with van der Waals surface area (Å²) in [4.78, 5) is 12.8. The van der Waals surface area contributed by atoms with Gasteiger partial charge in [0.2, 0.25) is 0 Å². The molecular formula is C5H5NO3S. The topological polar surface area (TPSA) is 70.2 Å². The van der Waals surface area contributed by atoms with Crippen LogP contribution < -0.4 is 5.56 Å². The monoisotopic (exact) mass is 159 g/mol. The van der Waals surface area contributed by atoms with Crippen LogP contribution in [0, 0.1) is 0 Å². The lowest BCUT2D eigenvalue weighted by Gasteiger charge is -1.88. The van der Waals surface area contributed by atoms with Crippen LogP contribution in [0.4, 0.5) is 0 Å². The van der Waals surface area contributed by atoms with Gasteiger partial charge in [0.15, 0.2) is 11.1 Å². The van der Waals surface area contributed by atoms with Crippen LogP contribution >= 0.6 is 0 Å². The molecular weight excluding hydrogens is 154 g/mol. The highest BCUT2D eigenvalue weighted by atomic mass is 32.2. The summed E-state index contributed by atoms with van der Waals surface area (Å²) in [6, 6.07) is 2.79. The molecule has 4 nitrogen and oxygen atoms in total.